The third-order valence-corrected chi connectivity index (χ3v) is 4.47. The molecule has 0 saturated heterocycles. The maximum atomic E-state index is 12.9. The van der Waals surface area contributed by atoms with Crippen LogP contribution >= 0.6 is 0 Å². The van der Waals surface area contributed by atoms with Crippen molar-refractivity contribution < 1.29 is 28.6 Å². The third kappa shape index (κ3) is 6.38. The van der Waals surface area contributed by atoms with Crippen LogP contribution < -0.4 is 0 Å². The summed E-state index contributed by atoms with van der Waals surface area (Å²) in [6.45, 7) is 5.28. The number of nitrogens with zero attached hydrogens (tertiary/aromatic N) is 1. The third-order valence-electron chi connectivity index (χ3n) is 4.47. The number of hydrogen-bond donors (Lipinski definition) is 0. The number of rotatable bonds is 11. The minimum Gasteiger partial charge on any atom is -0.466 e. The highest BCUT2D eigenvalue weighted by molar-refractivity contribution is 5.83. The molecule has 0 amide bonds. The number of benzene rings is 1. The first-order valence-electron chi connectivity index (χ1n) is 9.37. The molecule has 1 aromatic carbocycles. The SMILES string of the molecule is CCOC(=O)CC(CC(=O)OCC)C(C#N)(CC)C(=O)OCc1ccccc1. The molecule has 1 aromatic rings. The predicted molar refractivity (Wildman–Crippen MR) is 101 cm³/mol. The summed E-state index contributed by atoms with van der Waals surface area (Å²) < 4.78 is 15.3. The first kappa shape index (κ1) is 23.2. The lowest BCUT2D eigenvalue weighted by Gasteiger charge is -2.31. The molecule has 0 heterocycles. The zero-order valence-corrected chi connectivity index (χ0v) is 16.6. The van der Waals surface area contributed by atoms with Gasteiger partial charge in [-0.2, -0.15) is 5.26 Å². The fourth-order valence-corrected chi connectivity index (χ4v) is 2.93. The van der Waals surface area contributed by atoms with Crippen molar-refractivity contribution in [2.24, 2.45) is 11.3 Å². The van der Waals surface area contributed by atoms with E-state index in [0.29, 0.717) is 0 Å². The second-order valence-corrected chi connectivity index (χ2v) is 6.21. The fraction of sp³-hybridized carbons (Fsp3) is 0.524. The molecule has 0 saturated carbocycles. The number of carbonyl (C=O) groups excluding carboxylic acids is 3. The van der Waals surface area contributed by atoms with Gasteiger partial charge in [0.1, 0.15) is 6.61 Å². The molecular weight excluding hydrogens is 362 g/mol. The Balaban J connectivity index is 3.07. The molecule has 1 atom stereocenters. The van der Waals surface area contributed by atoms with Crippen LogP contribution in [0.25, 0.3) is 0 Å². The number of hydrogen-bond acceptors (Lipinski definition) is 7. The average molecular weight is 389 g/mol. The molecule has 0 aromatic heterocycles. The summed E-state index contributed by atoms with van der Waals surface area (Å²) in [6.07, 6.45) is -0.427. The standard InChI is InChI=1S/C21H27NO6/c1-4-21(15-22,20(25)28-14-16-10-8-7-9-11-16)17(12-18(23)26-5-2)13-19(24)27-6-3/h7-11,17H,4-6,12-14H2,1-3H3. The highest BCUT2D eigenvalue weighted by Crippen LogP contribution is 2.38. The van der Waals surface area contributed by atoms with Crippen molar-refractivity contribution in [3.05, 3.63) is 35.9 Å². The molecular formula is C21H27NO6. The summed E-state index contributed by atoms with van der Waals surface area (Å²) >= 11 is 0. The molecule has 0 aliphatic heterocycles. The minimum atomic E-state index is -1.66. The van der Waals surface area contributed by atoms with Crippen LogP contribution in [0.3, 0.4) is 0 Å². The lowest BCUT2D eigenvalue weighted by molar-refractivity contribution is -0.160. The number of carbonyl (C=O) groups is 3. The van der Waals surface area contributed by atoms with Crippen LogP contribution in [0.1, 0.15) is 45.6 Å². The summed E-state index contributed by atoms with van der Waals surface area (Å²) in [4.78, 5) is 36.9. The summed E-state index contributed by atoms with van der Waals surface area (Å²) in [5.74, 6) is -2.84. The Kier molecular flexibility index (Phi) is 9.72. The zero-order chi connectivity index (χ0) is 21.0. The highest BCUT2D eigenvalue weighted by Gasteiger charge is 2.48. The first-order valence-corrected chi connectivity index (χ1v) is 9.37. The monoisotopic (exact) mass is 389 g/mol. The molecule has 0 fully saturated rings. The van der Waals surface area contributed by atoms with Gasteiger partial charge in [0, 0.05) is 5.92 Å². The Hall–Kier alpha value is -2.88. The van der Waals surface area contributed by atoms with Crippen LogP contribution in [0, 0.1) is 22.7 Å². The molecule has 0 aliphatic rings. The van der Waals surface area contributed by atoms with Gasteiger partial charge in [-0.25, -0.2) is 0 Å². The van der Waals surface area contributed by atoms with Gasteiger partial charge in [0.2, 0.25) is 0 Å². The number of ether oxygens (including phenoxy) is 3. The van der Waals surface area contributed by atoms with E-state index in [9.17, 15) is 19.6 Å². The van der Waals surface area contributed by atoms with Crippen LogP contribution in [-0.2, 0) is 35.2 Å². The van der Waals surface area contributed by atoms with E-state index in [0.717, 1.165) is 5.56 Å². The van der Waals surface area contributed by atoms with E-state index in [-0.39, 0.29) is 39.1 Å². The van der Waals surface area contributed by atoms with E-state index in [1.54, 1.807) is 32.9 Å². The Bertz CT molecular complexity index is 677. The molecule has 0 aliphatic carbocycles. The molecule has 1 rings (SSSR count). The first-order chi connectivity index (χ1) is 13.4. The van der Waals surface area contributed by atoms with Crippen LogP contribution in [0.2, 0.25) is 0 Å². The Morgan fingerprint density at radius 2 is 1.50 bits per heavy atom. The van der Waals surface area contributed by atoms with Crippen LogP contribution in [0.15, 0.2) is 30.3 Å². The molecule has 7 heteroatoms. The predicted octanol–water partition coefficient (Wildman–Crippen LogP) is 3.17. The van der Waals surface area contributed by atoms with Crippen LogP contribution in [0.5, 0.6) is 0 Å². The van der Waals surface area contributed by atoms with Gasteiger partial charge in [-0.1, -0.05) is 37.3 Å². The van der Waals surface area contributed by atoms with Crippen LogP contribution in [0.4, 0.5) is 0 Å². The van der Waals surface area contributed by atoms with Crippen molar-refractivity contribution in [2.75, 3.05) is 13.2 Å². The van der Waals surface area contributed by atoms with Gasteiger partial charge >= 0.3 is 17.9 Å². The van der Waals surface area contributed by atoms with Crippen molar-refractivity contribution in [1.29, 1.82) is 5.26 Å². The molecule has 0 N–H and O–H groups in total. The lowest BCUT2D eigenvalue weighted by atomic mass is 9.71. The van der Waals surface area contributed by atoms with Gasteiger partial charge in [0.25, 0.3) is 0 Å². The fourth-order valence-electron chi connectivity index (χ4n) is 2.93. The van der Waals surface area contributed by atoms with Gasteiger partial charge in [0.05, 0.1) is 32.1 Å². The van der Waals surface area contributed by atoms with E-state index >= 15 is 0 Å². The van der Waals surface area contributed by atoms with E-state index < -0.39 is 29.2 Å². The van der Waals surface area contributed by atoms with Gasteiger partial charge in [-0.05, 0) is 25.8 Å². The smallest absolute Gasteiger partial charge is 0.327 e. The van der Waals surface area contributed by atoms with Crippen molar-refractivity contribution in [3.63, 3.8) is 0 Å². The molecule has 0 radical (unpaired) electrons. The topological polar surface area (TPSA) is 103 Å². The van der Waals surface area contributed by atoms with E-state index in [2.05, 4.69) is 0 Å². The molecule has 152 valence electrons. The second-order valence-electron chi connectivity index (χ2n) is 6.21. The molecule has 28 heavy (non-hydrogen) atoms. The van der Waals surface area contributed by atoms with Crippen molar-refractivity contribution >= 4 is 17.9 Å². The number of esters is 3. The summed E-state index contributed by atoms with van der Waals surface area (Å²) in [7, 11) is 0. The van der Waals surface area contributed by atoms with E-state index in [4.69, 9.17) is 14.2 Å². The van der Waals surface area contributed by atoms with E-state index in [1.807, 2.05) is 24.3 Å². The average Bonchev–Trinajstić information content (AvgIpc) is 2.68. The maximum absolute atomic E-state index is 12.9. The molecule has 7 nitrogen and oxygen atoms in total. The van der Waals surface area contributed by atoms with Gasteiger partial charge in [-0.15, -0.1) is 0 Å². The Morgan fingerprint density at radius 3 is 1.93 bits per heavy atom. The van der Waals surface area contributed by atoms with Crippen molar-refractivity contribution in [2.45, 2.75) is 46.6 Å². The van der Waals surface area contributed by atoms with Gasteiger partial charge < -0.3 is 14.2 Å². The van der Waals surface area contributed by atoms with Crippen LogP contribution in [-0.4, -0.2) is 31.1 Å². The lowest BCUT2D eigenvalue weighted by Crippen LogP contribution is -2.41. The maximum Gasteiger partial charge on any atom is 0.327 e. The highest BCUT2D eigenvalue weighted by atomic mass is 16.5. The summed E-state index contributed by atoms with van der Waals surface area (Å²) in [6, 6.07) is 11.1. The second kappa shape index (κ2) is 11.8. The normalized spacial score (nSPS) is 12.5. The molecule has 0 bridgehead atoms. The zero-order valence-electron chi connectivity index (χ0n) is 16.6. The molecule has 0 spiro atoms. The van der Waals surface area contributed by atoms with Gasteiger partial charge in [-0.3, -0.25) is 14.4 Å². The summed E-state index contributed by atoms with van der Waals surface area (Å²) in [5.41, 5.74) is -0.889. The Morgan fingerprint density at radius 1 is 0.964 bits per heavy atom. The van der Waals surface area contributed by atoms with Gasteiger partial charge in [0.15, 0.2) is 5.41 Å². The largest absolute Gasteiger partial charge is 0.466 e. The summed E-state index contributed by atoms with van der Waals surface area (Å²) in [5, 5.41) is 9.85. The molecule has 1 unspecified atom stereocenters. The minimum absolute atomic E-state index is 0.00532. The van der Waals surface area contributed by atoms with Crippen molar-refractivity contribution in [3.8, 4) is 6.07 Å². The quantitative estimate of drug-likeness (QED) is 0.423. The number of nitriles is 1. The van der Waals surface area contributed by atoms with E-state index in [1.165, 1.54) is 0 Å². The Labute approximate surface area is 165 Å². The van der Waals surface area contributed by atoms with Crippen molar-refractivity contribution in [1.82, 2.24) is 0 Å².